The molecule has 0 aliphatic heterocycles. The van der Waals surface area contributed by atoms with Crippen LogP contribution in [0.3, 0.4) is 0 Å². The maximum absolute atomic E-state index is 11.9. The highest BCUT2D eigenvalue weighted by Gasteiger charge is 2.17. The zero-order valence-electron chi connectivity index (χ0n) is 13.6. The maximum Gasteiger partial charge on any atom is 0.338 e. The standard InChI is InChI=1S/C16H24O5S/c1-16(2,3)21-15(17)14-10-8-13(9-11-14)7-5-6-12-20-22(4,18)19/h8-11H,5-7,12H2,1-4H3. The Bertz CT molecular complexity index is 582. The fourth-order valence-corrected chi connectivity index (χ4v) is 2.21. The number of unbranched alkanes of at least 4 members (excludes halogenated alkanes) is 1. The van der Waals surface area contributed by atoms with Gasteiger partial charge in [0.1, 0.15) is 5.60 Å². The van der Waals surface area contributed by atoms with E-state index in [1.807, 2.05) is 32.9 Å². The molecule has 0 atom stereocenters. The van der Waals surface area contributed by atoms with Crippen LogP contribution in [-0.2, 0) is 25.5 Å². The van der Waals surface area contributed by atoms with Gasteiger partial charge in [-0.1, -0.05) is 12.1 Å². The molecule has 6 heteroatoms. The van der Waals surface area contributed by atoms with Gasteiger partial charge in [0.15, 0.2) is 0 Å². The largest absolute Gasteiger partial charge is 0.456 e. The van der Waals surface area contributed by atoms with E-state index in [9.17, 15) is 13.2 Å². The van der Waals surface area contributed by atoms with Gasteiger partial charge in [0.05, 0.1) is 18.4 Å². The number of aryl methyl sites for hydroxylation is 1. The summed E-state index contributed by atoms with van der Waals surface area (Å²) in [5.74, 6) is -0.333. The second-order valence-corrected chi connectivity index (χ2v) is 7.83. The number of benzene rings is 1. The lowest BCUT2D eigenvalue weighted by Crippen LogP contribution is -2.23. The van der Waals surface area contributed by atoms with E-state index in [0.717, 1.165) is 24.7 Å². The second kappa shape index (κ2) is 7.74. The Morgan fingerprint density at radius 2 is 1.68 bits per heavy atom. The average molecular weight is 328 g/mol. The fraction of sp³-hybridized carbons (Fsp3) is 0.562. The van der Waals surface area contributed by atoms with E-state index >= 15 is 0 Å². The van der Waals surface area contributed by atoms with Crippen LogP contribution in [-0.4, -0.2) is 32.9 Å². The van der Waals surface area contributed by atoms with Crippen molar-refractivity contribution in [1.29, 1.82) is 0 Å². The molecule has 0 amide bonds. The lowest BCUT2D eigenvalue weighted by atomic mass is 10.1. The highest BCUT2D eigenvalue weighted by atomic mass is 32.2. The minimum atomic E-state index is -3.35. The molecule has 124 valence electrons. The smallest absolute Gasteiger partial charge is 0.338 e. The molecule has 0 N–H and O–H groups in total. The topological polar surface area (TPSA) is 69.7 Å². The molecule has 0 saturated carbocycles. The lowest BCUT2D eigenvalue weighted by molar-refractivity contribution is 0.00695. The van der Waals surface area contributed by atoms with Gasteiger partial charge in [0, 0.05) is 0 Å². The van der Waals surface area contributed by atoms with E-state index < -0.39 is 15.7 Å². The fourth-order valence-electron chi connectivity index (χ4n) is 1.79. The molecule has 0 spiro atoms. The maximum atomic E-state index is 11.9. The molecule has 1 aromatic rings. The zero-order valence-corrected chi connectivity index (χ0v) is 14.4. The van der Waals surface area contributed by atoms with Gasteiger partial charge in [-0.05, 0) is 57.7 Å². The van der Waals surface area contributed by atoms with Crippen molar-refractivity contribution in [2.24, 2.45) is 0 Å². The molecule has 0 bridgehead atoms. The summed E-state index contributed by atoms with van der Waals surface area (Å²) < 4.78 is 31.6. The zero-order chi connectivity index (χ0) is 16.8. The van der Waals surface area contributed by atoms with Crippen LogP contribution >= 0.6 is 0 Å². The highest BCUT2D eigenvalue weighted by molar-refractivity contribution is 7.85. The number of carbonyl (C=O) groups excluding carboxylic acids is 1. The lowest BCUT2D eigenvalue weighted by Gasteiger charge is -2.19. The van der Waals surface area contributed by atoms with Gasteiger partial charge in [-0.2, -0.15) is 8.42 Å². The third kappa shape index (κ3) is 8.14. The van der Waals surface area contributed by atoms with Gasteiger partial charge >= 0.3 is 5.97 Å². The molecule has 0 unspecified atom stereocenters. The molecule has 0 radical (unpaired) electrons. The Morgan fingerprint density at radius 1 is 1.09 bits per heavy atom. The SMILES string of the molecule is CC(C)(C)OC(=O)c1ccc(CCCCOS(C)(=O)=O)cc1. The van der Waals surface area contributed by atoms with Crippen LogP contribution in [0.25, 0.3) is 0 Å². The predicted molar refractivity (Wildman–Crippen MR) is 85.3 cm³/mol. The summed E-state index contributed by atoms with van der Waals surface area (Å²) in [7, 11) is -3.35. The highest BCUT2D eigenvalue weighted by Crippen LogP contribution is 2.14. The number of carbonyl (C=O) groups is 1. The van der Waals surface area contributed by atoms with E-state index in [1.54, 1.807) is 12.1 Å². The van der Waals surface area contributed by atoms with Crippen molar-refractivity contribution in [2.45, 2.75) is 45.6 Å². The van der Waals surface area contributed by atoms with Crippen LogP contribution in [0.5, 0.6) is 0 Å². The molecule has 0 fully saturated rings. The van der Waals surface area contributed by atoms with Crippen LogP contribution < -0.4 is 0 Å². The van der Waals surface area contributed by atoms with E-state index in [1.165, 1.54) is 0 Å². The van der Waals surface area contributed by atoms with Crippen LogP contribution in [0.1, 0.15) is 49.5 Å². The number of hydrogen-bond acceptors (Lipinski definition) is 5. The first-order valence-electron chi connectivity index (χ1n) is 7.23. The molecular weight excluding hydrogens is 304 g/mol. The first-order chi connectivity index (χ1) is 10.1. The molecular formula is C16H24O5S. The number of ether oxygens (including phenoxy) is 1. The monoisotopic (exact) mass is 328 g/mol. The van der Waals surface area contributed by atoms with Crippen molar-refractivity contribution in [3.63, 3.8) is 0 Å². The van der Waals surface area contributed by atoms with Gasteiger partial charge in [-0.15, -0.1) is 0 Å². The first-order valence-corrected chi connectivity index (χ1v) is 9.05. The van der Waals surface area contributed by atoms with E-state index in [0.29, 0.717) is 12.0 Å². The minimum absolute atomic E-state index is 0.203. The number of hydrogen-bond donors (Lipinski definition) is 0. The Kier molecular flexibility index (Phi) is 6.56. The molecule has 0 aromatic heterocycles. The summed E-state index contributed by atoms with van der Waals surface area (Å²) in [6.45, 7) is 5.70. The summed E-state index contributed by atoms with van der Waals surface area (Å²) in [6.07, 6.45) is 3.34. The van der Waals surface area contributed by atoms with Crippen LogP contribution in [0.15, 0.2) is 24.3 Å². The predicted octanol–water partition coefficient (Wildman–Crippen LogP) is 2.94. The Morgan fingerprint density at radius 3 is 2.18 bits per heavy atom. The third-order valence-electron chi connectivity index (χ3n) is 2.75. The van der Waals surface area contributed by atoms with Crippen LogP contribution in [0, 0.1) is 0 Å². The van der Waals surface area contributed by atoms with Gasteiger partial charge in [0.25, 0.3) is 10.1 Å². The summed E-state index contributed by atoms with van der Waals surface area (Å²) in [6, 6.07) is 7.26. The summed E-state index contributed by atoms with van der Waals surface area (Å²) in [5.41, 5.74) is 1.11. The summed E-state index contributed by atoms with van der Waals surface area (Å²) in [5, 5.41) is 0. The third-order valence-corrected chi connectivity index (χ3v) is 3.34. The van der Waals surface area contributed by atoms with Crippen LogP contribution in [0.2, 0.25) is 0 Å². The van der Waals surface area contributed by atoms with Crippen molar-refractivity contribution in [3.05, 3.63) is 35.4 Å². The van der Waals surface area contributed by atoms with Gasteiger partial charge < -0.3 is 4.74 Å². The molecule has 1 aromatic carbocycles. The Balaban J connectivity index is 2.40. The molecule has 0 heterocycles. The quantitative estimate of drug-likeness (QED) is 0.437. The van der Waals surface area contributed by atoms with E-state index in [4.69, 9.17) is 4.74 Å². The van der Waals surface area contributed by atoms with E-state index in [2.05, 4.69) is 4.18 Å². The van der Waals surface area contributed by atoms with Gasteiger partial charge in [-0.3, -0.25) is 4.18 Å². The number of rotatable bonds is 7. The Hall–Kier alpha value is -1.40. The molecule has 0 saturated heterocycles. The Labute approximate surface area is 132 Å². The normalized spacial score (nSPS) is 12.2. The molecule has 1 rings (SSSR count). The van der Waals surface area contributed by atoms with Crippen molar-refractivity contribution < 1.29 is 22.1 Å². The van der Waals surface area contributed by atoms with E-state index in [-0.39, 0.29) is 12.6 Å². The molecule has 0 aliphatic carbocycles. The van der Waals surface area contributed by atoms with Crippen molar-refractivity contribution in [1.82, 2.24) is 0 Å². The number of esters is 1. The summed E-state index contributed by atoms with van der Waals surface area (Å²) >= 11 is 0. The summed E-state index contributed by atoms with van der Waals surface area (Å²) in [4.78, 5) is 11.9. The van der Waals surface area contributed by atoms with Gasteiger partial charge in [-0.25, -0.2) is 4.79 Å². The molecule has 5 nitrogen and oxygen atoms in total. The van der Waals surface area contributed by atoms with Crippen molar-refractivity contribution in [2.75, 3.05) is 12.9 Å². The van der Waals surface area contributed by atoms with Crippen molar-refractivity contribution in [3.8, 4) is 0 Å². The van der Waals surface area contributed by atoms with Crippen molar-refractivity contribution >= 4 is 16.1 Å². The average Bonchev–Trinajstić information content (AvgIpc) is 2.35. The first kappa shape index (κ1) is 18.6. The van der Waals surface area contributed by atoms with Gasteiger partial charge in [0.2, 0.25) is 0 Å². The van der Waals surface area contributed by atoms with Crippen LogP contribution in [0.4, 0.5) is 0 Å². The minimum Gasteiger partial charge on any atom is -0.456 e. The molecule has 22 heavy (non-hydrogen) atoms. The molecule has 0 aliphatic rings. The second-order valence-electron chi connectivity index (χ2n) is 6.18.